The van der Waals surface area contributed by atoms with E-state index in [1.807, 2.05) is 44.2 Å². The lowest BCUT2D eigenvalue weighted by molar-refractivity contribution is -0.156. The normalized spacial score (nSPS) is 21.2. The van der Waals surface area contributed by atoms with Crippen molar-refractivity contribution in [2.45, 2.75) is 156 Å². The van der Waals surface area contributed by atoms with E-state index < -0.39 is 55.9 Å². The van der Waals surface area contributed by atoms with Gasteiger partial charge in [-0.3, -0.25) is 5.32 Å². The molecule has 56 heavy (non-hydrogen) atoms. The van der Waals surface area contributed by atoms with Crippen LogP contribution >= 0.6 is 0 Å². The van der Waals surface area contributed by atoms with Gasteiger partial charge in [-0.25, -0.2) is 9.59 Å². The molecule has 1 saturated heterocycles. The average Bonchev–Trinajstić information content (AvgIpc) is 3.35. The highest BCUT2D eigenvalue weighted by atomic mass is 28.4. The van der Waals surface area contributed by atoms with Crippen molar-refractivity contribution in [3.63, 3.8) is 0 Å². The van der Waals surface area contributed by atoms with E-state index in [0.29, 0.717) is 24.3 Å². The van der Waals surface area contributed by atoms with Crippen LogP contribution in [-0.4, -0.2) is 69.1 Å². The van der Waals surface area contributed by atoms with E-state index in [9.17, 15) is 9.59 Å². The second kappa shape index (κ2) is 17.4. The zero-order chi connectivity index (χ0) is 41.9. The summed E-state index contributed by atoms with van der Waals surface area (Å²) in [4.78, 5) is 26.0. The molecule has 5 atom stereocenters. The van der Waals surface area contributed by atoms with Gasteiger partial charge in [0, 0.05) is 31.7 Å². The van der Waals surface area contributed by atoms with Crippen molar-refractivity contribution in [3.8, 4) is 11.5 Å². The molecular formula is C44H65NO10Si. The maximum Gasteiger partial charge on any atom is 0.412 e. The maximum atomic E-state index is 13.3. The second-order valence-corrected chi connectivity index (χ2v) is 22.9. The Balaban J connectivity index is 1.63. The van der Waals surface area contributed by atoms with Gasteiger partial charge in [0.25, 0.3) is 0 Å². The molecule has 4 rings (SSSR count). The van der Waals surface area contributed by atoms with Crippen LogP contribution in [0.5, 0.6) is 11.5 Å². The Morgan fingerprint density at radius 3 is 2.21 bits per heavy atom. The number of rotatable bonds is 14. The zero-order valence-corrected chi connectivity index (χ0v) is 37.2. The third-order valence-corrected chi connectivity index (χ3v) is 14.7. The molecule has 2 heterocycles. The number of anilines is 1. The fourth-order valence-electron chi connectivity index (χ4n) is 6.14. The molecule has 2 aliphatic rings. The lowest BCUT2D eigenvalue weighted by Crippen LogP contribution is -2.44. The van der Waals surface area contributed by atoms with Crippen molar-refractivity contribution in [1.29, 1.82) is 0 Å². The standard InChI is InChI=1S/C44H65NO10Si/c1-28(29(2)55-56(14,15)42(6,7)8)19-24-34(49-27-30-20-22-33(48-13)23-21-30)38-35(50-43(9,10)52-38)18-16-17-31-25-32(45-40(47)54-41(3,4)5)26-36-37(31)39(46)53-44(11,12)51-36/h16-17,19-26,28-29,34-35,38H,18,27H2,1-15H3,(H,45,47)/b17-16+,24-19-/t28-,29+,34?,35+,38-/m1/s1. The van der Waals surface area contributed by atoms with Gasteiger partial charge in [-0.15, -0.1) is 0 Å². The molecule has 2 aromatic carbocycles. The summed E-state index contributed by atoms with van der Waals surface area (Å²) in [7, 11) is -0.344. The van der Waals surface area contributed by atoms with Gasteiger partial charge < -0.3 is 37.6 Å². The van der Waals surface area contributed by atoms with E-state index in [-0.39, 0.29) is 28.4 Å². The minimum atomic E-state index is -1.99. The first kappa shape index (κ1) is 45.0. The minimum Gasteiger partial charge on any atom is -0.497 e. The van der Waals surface area contributed by atoms with E-state index in [0.717, 1.165) is 11.3 Å². The lowest BCUT2D eigenvalue weighted by atomic mass is 9.99. The van der Waals surface area contributed by atoms with Crippen molar-refractivity contribution in [2.75, 3.05) is 12.4 Å². The highest BCUT2D eigenvalue weighted by Crippen LogP contribution is 2.40. The van der Waals surface area contributed by atoms with Gasteiger partial charge in [0.15, 0.2) is 14.1 Å². The number of fused-ring (bicyclic) bond motifs is 1. The summed E-state index contributed by atoms with van der Waals surface area (Å²) in [6.07, 6.45) is 6.38. The fraction of sp³-hybridized carbons (Fsp3) is 0.591. The Morgan fingerprint density at radius 1 is 0.946 bits per heavy atom. The molecule has 2 aliphatic heterocycles. The van der Waals surface area contributed by atoms with E-state index in [2.05, 4.69) is 65.2 Å². The molecule has 0 spiro atoms. The van der Waals surface area contributed by atoms with Crippen LogP contribution in [0.3, 0.4) is 0 Å². The molecule has 11 nitrogen and oxygen atoms in total. The van der Waals surface area contributed by atoms with Gasteiger partial charge in [-0.2, -0.15) is 0 Å². The Labute approximate surface area is 335 Å². The van der Waals surface area contributed by atoms with Crippen LogP contribution in [-0.2, 0) is 34.7 Å². The van der Waals surface area contributed by atoms with Crippen LogP contribution in [0, 0.1) is 5.92 Å². The predicted molar refractivity (Wildman–Crippen MR) is 222 cm³/mol. The number of carbonyl (C=O) groups is 2. The minimum absolute atomic E-state index is 0.00181. The molecule has 0 aromatic heterocycles. The highest BCUT2D eigenvalue weighted by molar-refractivity contribution is 6.74. The van der Waals surface area contributed by atoms with Crippen LogP contribution in [0.15, 0.2) is 54.6 Å². The van der Waals surface area contributed by atoms with Gasteiger partial charge in [-0.1, -0.05) is 64.1 Å². The smallest absolute Gasteiger partial charge is 0.412 e. The van der Waals surface area contributed by atoms with Crippen LogP contribution in [0.2, 0.25) is 18.1 Å². The van der Waals surface area contributed by atoms with E-state index in [1.165, 1.54) is 0 Å². The third kappa shape index (κ3) is 12.4. The van der Waals surface area contributed by atoms with E-state index in [4.69, 9.17) is 37.6 Å². The summed E-state index contributed by atoms with van der Waals surface area (Å²) < 4.78 is 48.9. The molecule has 310 valence electrons. The van der Waals surface area contributed by atoms with Crippen molar-refractivity contribution < 1.29 is 47.2 Å². The van der Waals surface area contributed by atoms with Crippen molar-refractivity contribution >= 4 is 32.1 Å². The molecular weight excluding hydrogens is 731 g/mol. The van der Waals surface area contributed by atoms with Crippen LogP contribution in [0.25, 0.3) is 6.08 Å². The third-order valence-electron chi connectivity index (χ3n) is 10.1. The summed E-state index contributed by atoms with van der Waals surface area (Å²) in [6.45, 7) is 28.4. The van der Waals surface area contributed by atoms with Gasteiger partial charge in [0.05, 0.1) is 19.8 Å². The van der Waals surface area contributed by atoms with Crippen LogP contribution < -0.4 is 14.8 Å². The summed E-state index contributed by atoms with van der Waals surface area (Å²) >= 11 is 0. The van der Waals surface area contributed by atoms with Gasteiger partial charge in [0.1, 0.15) is 34.9 Å². The zero-order valence-electron chi connectivity index (χ0n) is 36.2. The quantitative estimate of drug-likeness (QED) is 0.112. The summed E-state index contributed by atoms with van der Waals surface area (Å²) in [5.74, 6) is -1.45. The van der Waals surface area contributed by atoms with E-state index >= 15 is 0 Å². The maximum absolute atomic E-state index is 13.3. The largest absolute Gasteiger partial charge is 0.497 e. The molecule has 12 heteroatoms. The number of benzene rings is 2. The fourth-order valence-corrected chi connectivity index (χ4v) is 7.64. The van der Waals surface area contributed by atoms with Crippen LogP contribution in [0.4, 0.5) is 10.5 Å². The SMILES string of the molecule is COc1ccc(COC(/C=C\[C@@H](C)[C@H](C)O[Si](C)(C)C(C)(C)C)[C@H]2OC(C)(C)O[C@H]2C/C=C/c2cc(NC(=O)OC(C)(C)C)cc3c2C(=O)OC(C)(C)O3)cc1. The first-order chi connectivity index (χ1) is 25.8. The molecule has 1 amide bonds. The molecule has 1 fully saturated rings. The van der Waals surface area contributed by atoms with Crippen molar-refractivity contribution in [1.82, 2.24) is 0 Å². The number of cyclic esters (lactones) is 1. The molecule has 1 N–H and O–H groups in total. The number of ether oxygens (including phenoxy) is 7. The average molecular weight is 796 g/mol. The highest BCUT2D eigenvalue weighted by Gasteiger charge is 2.45. The monoisotopic (exact) mass is 795 g/mol. The van der Waals surface area contributed by atoms with Crippen molar-refractivity contribution in [3.05, 3.63) is 71.3 Å². The number of hydrogen-bond donors (Lipinski definition) is 1. The van der Waals surface area contributed by atoms with Gasteiger partial charge in [-0.05, 0) is 101 Å². The number of hydrogen-bond acceptors (Lipinski definition) is 10. The lowest BCUT2D eigenvalue weighted by Gasteiger charge is -2.39. The Hall–Kier alpha value is -3.68. The molecule has 0 aliphatic carbocycles. The van der Waals surface area contributed by atoms with E-state index in [1.54, 1.807) is 59.9 Å². The number of carbonyl (C=O) groups excluding carboxylic acids is 2. The topological polar surface area (TPSA) is 120 Å². The number of methoxy groups -OCH3 is 1. The predicted octanol–water partition coefficient (Wildman–Crippen LogP) is 10.4. The summed E-state index contributed by atoms with van der Waals surface area (Å²) in [5.41, 5.74) is 1.45. The molecule has 2 aromatic rings. The second-order valence-electron chi connectivity index (χ2n) is 18.2. The number of amides is 1. The summed E-state index contributed by atoms with van der Waals surface area (Å²) in [6, 6.07) is 11.1. The van der Waals surface area contributed by atoms with Gasteiger partial charge >= 0.3 is 12.1 Å². The molecule has 1 unspecified atom stereocenters. The molecule has 0 saturated carbocycles. The van der Waals surface area contributed by atoms with Crippen LogP contribution in [0.1, 0.15) is 111 Å². The first-order valence-electron chi connectivity index (χ1n) is 19.5. The first-order valence-corrected chi connectivity index (χ1v) is 22.4. The molecule has 0 bridgehead atoms. The number of esters is 1. The molecule has 0 radical (unpaired) electrons. The Morgan fingerprint density at radius 2 is 1.61 bits per heavy atom. The summed E-state index contributed by atoms with van der Waals surface area (Å²) in [5, 5.41) is 2.86. The van der Waals surface area contributed by atoms with Gasteiger partial charge in [0.2, 0.25) is 5.79 Å². The van der Waals surface area contributed by atoms with Crippen molar-refractivity contribution in [2.24, 2.45) is 5.92 Å². The Bertz CT molecular complexity index is 1740. The Kier molecular flexibility index (Phi) is 14.0. The number of nitrogens with one attached hydrogen (secondary N) is 1.